The number of nitrogens with two attached hydrogens (primary N) is 1. The van der Waals surface area contributed by atoms with E-state index in [2.05, 4.69) is 51.8 Å². The summed E-state index contributed by atoms with van der Waals surface area (Å²) >= 11 is 0. The quantitative estimate of drug-likeness (QED) is 0.886. The molecule has 1 aliphatic carbocycles. The second-order valence-corrected chi connectivity index (χ2v) is 7.29. The first-order valence-corrected chi connectivity index (χ1v) is 7.32. The van der Waals surface area contributed by atoms with Crippen molar-refractivity contribution in [2.24, 2.45) is 17.1 Å². The lowest BCUT2D eigenvalue weighted by Crippen LogP contribution is -2.36. The third kappa shape index (κ3) is 3.61. The van der Waals surface area contributed by atoms with Crippen molar-refractivity contribution in [1.29, 1.82) is 0 Å². The molecule has 0 radical (unpaired) electrons. The third-order valence-electron chi connectivity index (χ3n) is 3.93. The molecule has 0 spiro atoms. The minimum Gasteiger partial charge on any atom is -0.464 e. The van der Waals surface area contributed by atoms with Crippen LogP contribution in [0, 0.1) is 11.3 Å². The monoisotopic (exact) mass is 264 g/mol. The maximum Gasteiger partial charge on any atom is 0.122 e. The van der Waals surface area contributed by atoms with Gasteiger partial charge in [0, 0.05) is 19.0 Å². The zero-order chi connectivity index (χ0) is 14.2. The molecule has 0 amide bonds. The van der Waals surface area contributed by atoms with Crippen LogP contribution in [-0.2, 0) is 0 Å². The fourth-order valence-electron chi connectivity index (χ4n) is 2.84. The summed E-state index contributed by atoms with van der Waals surface area (Å²) in [5.41, 5.74) is 6.22. The molecule has 1 fully saturated rings. The van der Waals surface area contributed by atoms with Crippen LogP contribution in [0.5, 0.6) is 0 Å². The van der Waals surface area contributed by atoms with Crippen molar-refractivity contribution >= 4 is 0 Å². The van der Waals surface area contributed by atoms with Crippen molar-refractivity contribution in [1.82, 2.24) is 4.90 Å². The molecule has 3 nitrogen and oxygen atoms in total. The highest BCUT2D eigenvalue weighted by molar-refractivity contribution is 5.19. The first-order chi connectivity index (χ1) is 8.81. The van der Waals surface area contributed by atoms with E-state index in [0.717, 1.165) is 24.0 Å². The van der Waals surface area contributed by atoms with E-state index in [9.17, 15) is 0 Å². The molecule has 19 heavy (non-hydrogen) atoms. The summed E-state index contributed by atoms with van der Waals surface area (Å²) in [5.74, 6) is 3.58. The number of nitrogens with zero attached hydrogens (tertiary/aromatic N) is 1. The zero-order valence-corrected chi connectivity index (χ0v) is 12.9. The van der Waals surface area contributed by atoms with Crippen LogP contribution in [-0.4, -0.2) is 25.0 Å². The smallest absolute Gasteiger partial charge is 0.122 e. The standard InChI is InChI=1S/C16H28N2O/c1-11-8-12(11)14-6-7-15(19-14)13(9-17)18(5)10-16(2,3)4/h6-7,11-13H,8-10,17H2,1-5H3. The predicted molar refractivity (Wildman–Crippen MR) is 79.1 cm³/mol. The minimum absolute atomic E-state index is 0.182. The number of rotatable bonds is 5. The van der Waals surface area contributed by atoms with Crippen LogP contribution in [0.2, 0.25) is 0 Å². The fraction of sp³-hybridized carbons (Fsp3) is 0.750. The van der Waals surface area contributed by atoms with Gasteiger partial charge in [-0.05, 0) is 36.9 Å². The van der Waals surface area contributed by atoms with Crippen LogP contribution >= 0.6 is 0 Å². The Balaban J connectivity index is 2.06. The Morgan fingerprint density at radius 1 is 1.42 bits per heavy atom. The van der Waals surface area contributed by atoms with Gasteiger partial charge in [0.05, 0.1) is 6.04 Å². The fourth-order valence-corrected chi connectivity index (χ4v) is 2.84. The molecule has 2 rings (SSSR count). The number of furan rings is 1. The molecule has 0 aliphatic heterocycles. The highest BCUT2D eigenvalue weighted by atomic mass is 16.3. The molecule has 1 aromatic rings. The SMILES string of the molecule is CC1CC1c1ccc(C(CN)N(C)CC(C)(C)C)o1. The Kier molecular flexibility index (Phi) is 4.07. The summed E-state index contributed by atoms with van der Waals surface area (Å²) < 4.78 is 6.04. The maximum absolute atomic E-state index is 6.04. The number of hydrogen-bond donors (Lipinski definition) is 1. The van der Waals surface area contributed by atoms with Crippen LogP contribution < -0.4 is 5.73 Å². The molecule has 0 saturated heterocycles. The van der Waals surface area contributed by atoms with Crippen LogP contribution in [0.1, 0.15) is 57.6 Å². The van der Waals surface area contributed by atoms with Crippen molar-refractivity contribution in [2.45, 2.75) is 46.1 Å². The van der Waals surface area contributed by atoms with Crippen molar-refractivity contribution in [3.05, 3.63) is 23.7 Å². The normalized spacial score (nSPS) is 24.8. The Morgan fingerprint density at radius 3 is 2.53 bits per heavy atom. The van der Waals surface area contributed by atoms with Crippen molar-refractivity contribution in [3.8, 4) is 0 Å². The zero-order valence-electron chi connectivity index (χ0n) is 12.9. The molecule has 3 unspecified atom stereocenters. The maximum atomic E-state index is 6.04. The van der Waals surface area contributed by atoms with Crippen molar-refractivity contribution in [3.63, 3.8) is 0 Å². The largest absolute Gasteiger partial charge is 0.464 e. The van der Waals surface area contributed by atoms with E-state index in [0.29, 0.717) is 12.5 Å². The first-order valence-electron chi connectivity index (χ1n) is 7.32. The van der Waals surface area contributed by atoms with Crippen molar-refractivity contribution in [2.75, 3.05) is 20.1 Å². The molecule has 2 N–H and O–H groups in total. The summed E-state index contributed by atoms with van der Waals surface area (Å²) in [4.78, 5) is 2.30. The Morgan fingerprint density at radius 2 is 2.05 bits per heavy atom. The van der Waals surface area contributed by atoms with E-state index in [4.69, 9.17) is 10.2 Å². The van der Waals surface area contributed by atoms with E-state index < -0.39 is 0 Å². The van der Waals surface area contributed by atoms with Gasteiger partial charge in [-0.1, -0.05) is 27.7 Å². The first kappa shape index (κ1) is 14.6. The van der Waals surface area contributed by atoms with E-state index in [1.807, 2.05) is 0 Å². The van der Waals surface area contributed by atoms with Crippen LogP contribution in [0.3, 0.4) is 0 Å². The topological polar surface area (TPSA) is 42.4 Å². The molecule has 1 heterocycles. The molecular formula is C16H28N2O. The summed E-state index contributed by atoms with van der Waals surface area (Å²) in [6.45, 7) is 10.6. The molecule has 0 bridgehead atoms. The second kappa shape index (κ2) is 5.29. The third-order valence-corrected chi connectivity index (χ3v) is 3.93. The molecule has 3 atom stereocenters. The minimum atomic E-state index is 0.182. The van der Waals surface area contributed by atoms with Gasteiger partial charge >= 0.3 is 0 Å². The molecule has 108 valence electrons. The summed E-state index contributed by atoms with van der Waals surface area (Å²) in [6.07, 6.45) is 1.26. The lowest BCUT2D eigenvalue weighted by molar-refractivity contribution is 0.158. The lowest BCUT2D eigenvalue weighted by atomic mass is 9.95. The van der Waals surface area contributed by atoms with Gasteiger partial charge in [-0.3, -0.25) is 4.90 Å². The highest BCUT2D eigenvalue weighted by Crippen LogP contribution is 2.47. The van der Waals surface area contributed by atoms with Crippen LogP contribution in [0.4, 0.5) is 0 Å². The van der Waals surface area contributed by atoms with Crippen LogP contribution in [0.15, 0.2) is 16.5 Å². The molecule has 1 aromatic heterocycles. The predicted octanol–water partition coefficient (Wildman–Crippen LogP) is 3.38. The molecular weight excluding hydrogens is 236 g/mol. The summed E-state index contributed by atoms with van der Waals surface area (Å²) in [6, 6.07) is 4.43. The number of hydrogen-bond acceptors (Lipinski definition) is 3. The van der Waals surface area contributed by atoms with Gasteiger partial charge in [-0.25, -0.2) is 0 Å². The Labute approximate surface area is 117 Å². The lowest BCUT2D eigenvalue weighted by Gasteiger charge is -2.31. The van der Waals surface area contributed by atoms with Gasteiger partial charge in [0.15, 0.2) is 0 Å². The number of likely N-dealkylation sites (N-methyl/N-ethyl adjacent to an activating group) is 1. The van der Waals surface area contributed by atoms with Gasteiger partial charge in [0.2, 0.25) is 0 Å². The highest BCUT2D eigenvalue weighted by Gasteiger charge is 2.37. The van der Waals surface area contributed by atoms with Crippen LogP contribution in [0.25, 0.3) is 0 Å². The molecule has 3 heteroatoms. The van der Waals surface area contributed by atoms with Gasteiger partial charge < -0.3 is 10.2 Å². The van der Waals surface area contributed by atoms with Crippen molar-refractivity contribution < 1.29 is 4.42 Å². The van der Waals surface area contributed by atoms with Gasteiger partial charge in [0.25, 0.3) is 0 Å². The van der Waals surface area contributed by atoms with Gasteiger partial charge in [-0.2, -0.15) is 0 Å². The van der Waals surface area contributed by atoms with Gasteiger partial charge in [0.1, 0.15) is 11.5 Å². The molecule has 1 saturated carbocycles. The Hall–Kier alpha value is -0.800. The average Bonchev–Trinajstić information content (AvgIpc) is 2.82. The second-order valence-electron chi connectivity index (χ2n) is 7.29. The summed E-state index contributed by atoms with van der Waals surface area (Å²) in [5, 5.41) is 0. The summed E-state index contributed by atoms with van der Waals surface area (Å²) in [7, 11) is 2.13. The van der Waals surface area contributed by atoms with E-state index in [1.165, 1.54) is 6.42 Å². The van der Waals surface area contributed by atoms with Gasteiger partial charge in [-0.15, -0.1) is 0 Å². The Bertz CT molecular complexity index is 419. The average molecular weight is 264 g/mol. The molecule has 1 aliphatic rings. The van der Waals surface area contributed by atoms with E-state index >= 15 is 0 Å². The molecule has 0 aromatic carbocycles. The van der Waals surface area contributed by atoms with E-state index in [-0.39, 0.29) is 11.5 Å². The van der Waals surface area contributed by atoms with E-state index in [1.54, 1.807) is 0 Å².